The average Bonchev–Trinajstić information content (AvgIpc) is 2.25. The molecule has 0 aliphatic carbocycles. The van der Waals surface area contributed by atoms with Gasteiger partial charge in [-0.25, -0.2) is 0 Å². The number of hydrogen-bond donors (Lipinski definition) is 3. The number of carbonyl (C=O) groups excluding carboxylic acids is 2. The van der Waals surface area contributed by atoms with E-state index in [-0.39, 0.29) is 42.7 Å². The van der Waals surface area contributed by atoms with Crippen LogP contribution in [0.1, 0.15) is 37.6 Å². The van der Waals surface area contributed by atoms with E-state index >= 15 is 0 Å². The van der Waals surface area contributed by atoms with Gasteiger partial charge in [0.15, 0.2) is 0 Å². The predicted octanol–water partition coefficient (Wildman–Crippen LogP) is 2.38. The van der Waals surface area contributed by atoms with E-state index in [2.05, 4.69) is 10.6 Å². The summed E-state index contributed by atoms with van der Waals surface area (Å²) in [6.07, 6.45) is 0.218. The number of halogens is 2. The van der Waals surface area contributed by atoms with E-state index < -0.39 is 0 Å². The fraction of sp³-hybridized carbons (Fsp3) is 0.429. The molecule has 5 nitrogen and oxygen atoms in total. The van der Waals surface area contributed by atoms with E-state index in [4.69, 9.17) is 17.3 Å². The van der Waals surface area contributed by atoms with Crippen LogP contribution >= 0.6 is 24.0 Å². The van der Waals surface area contributed by atoms with E-state index in [1.807, 2.05) is 20.8 Å². The molecule has 1 aromatic carbocycles. The number of benzene rings is 1. The number of nitrogens with two attached hydrogens (primary N) is 1. The van der Waals surface area contributed by atoms with Gasteiger partial charge >= 0.3 is 0 Å². The fourth-order valence-electron chi connectivity index (χ4n) is 1.58. The fourth-order valence-corrected chi connectivity index (χ4v) is 1.86. The quantitative estimate of drug-likeness (QED) is 0.739. The Bertz CT molecular complexity index is 513. The van der Waals surface area contributed by atoms with Crippen LogP contribution in [-0.4, -0.2) is 23.9 Å². The topological polar surface area (TPSA) is 84.2 Å². The lowest BCUT2D eigenvalue weighted by molar-refractivity contribution is -0.122. The van der Waals surface area contributed by atoms with Crippen molar-refractivity contribution in [1.29, 1.82) is 0 Å². The third-order valence-corrected chi connectivity index (χ3v) is 2.70. The van der Waals surface area contributed by atoms with Gasteiger partial charge in [-0.05, 0) is 39.0 Å². The molecule has 0 fully saturated rings. The van der Waals surface area contributed by atoms with Crippen molar-refractivity contribution in [2.45, 2.75) is 32.7 Å². The van der Waals surface area contributed by atoms with Gasteiger partial charge in [0.05, 0.1) is 10.6 Å². The minimum absolute atomic E-state index is 0. The summed E-state index contributed by atoms with van der Waals surface area (Å²) in [4.78, 5) is 23.5. The van der Waals surface area contributed by atoms with Gasteiger partial charge in [-0.3, -0.25) is 9.59 Å². The van der Waals surface area contributed by atoms with E-state index in [0.717, 1.165) is 0 Å². The molecule has 118 valence electrons. The second kappa shape index (κ2) is 8.10. The molecule has 0 atom stereocenters. The highest BCUT2D eigenvalue weighted by Gasteiger charge is 2.14. The van der Waals surface area contributed by atoms with Gasteiger partial charge in [-0.1, -0.05) is 11.6 Å². The zero-order valence-electron chi connectivity index (χ0n) is 12.3. The van der Waals surface area contributed by atoms with Crippen molar-refractivity contribution in [3.63, 3.8) is 0 Å². The van der Waals surface area contributed by atoms with Crippen LogP contribution in [0.25, 0.3) is 0 Å². The van der Waals surface area contributed by atoms with E-state index in [1.165, 1.54) is 6.07 Å². The first-order chi connectivity index (χ1) is 9.19. The molecule has 0 radical (unpaired) electrons. The van der Waals surface area contributed by atoms with E-state index in [1.54, 1.807) is 12.1 Å². The largest absolute Gasteiger partial charge is 0.399 e. The summed E-state index contributed by atoms with van der Waals surface area (Å²) in [5.74, 6) is -0.431. The van der Waals surface area contributed by atoms with Crippen LogP contribution in [0.2, 0.25) is 5.02 Å². The molecule has 0 heterocycles. The van der Waals surface area contributed by atoms with Crippen LogP contribution in [0.3, 0.4) is 0 Å². The van der Waals surface area contributed by atoms with Gasteiger partial charge in [-0.2, -0.15) is 0 Å². The molecule has 4 N–H and O–H groups in total. The minimum Gasteiger partial charge on any atom is -0.399 e. The predicted molar refractivity (Wildman–Crippen MR) is 88.0 cm³/mol. The van der Waals surface area contributed by atoms with Gasteiger partial charge in [0, 0.05) is 24.2 Å². The Balaban J connectivity index is 0.00000400. The number of nitrogens with one attached hydrogen (secondary N) is 2. The van der Waals surface area contributed by atoms with E-state index in [9.17, 15) is 9.59 Å². The molecule has 2 amide bonds. The summed E-state index contributed by atoms with van der Waals surface area (Å²) in [5.41, 5.74) is 6.12. The van der Waals surface area contributed by atoms with Crippen LogP contribution in [0.5, 0.6) is 0 Å². The monoisotopic (exact) mass is 333 g/mol. The van der Waals surface area contributed by atoms with Crippen molar-refractivity contribution >= 4 is 41.5 Å². The first-order valence-electron chi connectivity index (χ1n) is 6.33. The van der Waals surface area contributed by atoms with Crippen molar-refractivity contribution in [3.05, 3.63) is 28.8 Å². The molecular weight excluding hydrogens is 313 g/mol. The molecule has 1 rings (SSSR count). The first kappa shape index (κ1) is 19.5. The lowest BCUT2D eigenvalue weighted by atomic mass is 10.1. The summed E-state index contributed by atoms with van der Waals surface area (Å²) in [5, 5.41) is 5.76. The highest BCUT2D eigenvalue weighted by atomic mass is 35.5. The maximum atomic E-state index is 11.9. The number of amides is 2. The standard InChI is InChI=1S/C14H20ClN3O2.ClH/c1-14(2,3)18-12(19)6-7-17-13(20)10-5-4-9(16)8-11(10)15;/h4-5,8H,6-7,16H2,1-3H3,(H,17,20)(H,18,19);1H. The van der Waals surface area contributed by atoms with Crippen LogP contribution in [0.4, 0.5) is 5.69 Å². The number of hydrogen-bond acceptors (Lipinski definition) is 3. The smallest absolute Gasteiger partial charge is 0.252 e. The van der Waals surface area contributed by atoms with Gasteiger partial charge in [-0.15, -0.1) is 12.4 Å². The minimum atomic E-state index is -0.321. The van der Waals surface area contributed by atoms with Crippen molar-refractivity contribution in [2.75, 3.05) is 12.3 Å². The highest BCUT2D eigenvalue weighted by molar-refractivity contribution is 6.34. The Morgan fingerprint density at radius 1 is 1.29 bits per heavy atom. The molecule has 0 saturated carbocycles. The van der Waals surface area contributed by atoms with Crippen LogP contribution in [0, 0.1) is 0 Å². The number of anilines is 1. The summed E-state index contributed by atoms with van der Waals surface area (Å²) in [6, 6.07) is 4.68. The second-order valence-electron chi connectivity index (χ2n) is 5.54. The Kier molecular flexibility index (Phi) is 7.53. The molecule has 1 aromatic rings. The first-order valence-corrected chi connectivity index (χ1v) is 6.71. The lowest BCUT2D eigenvalue weighted by Gasteiger charge is -2.20. The molecule has 0 aliphatic rings. The van der Waals surface area contributed by atoms with Gasteiger partial charge in [0.2, 0.25) is 5.91 Å². The van der Waals surface area contributed by atoms with Gasteiger partial charge in [0.1, 0.15) is 0 Å². The SMILES string of the molecule is CC(C)(C)NC(=O)CCNC(=O)c1ccc(N)cc1Cl.Cl. The molecule has 0 saturated heterocycles. The summed E-state index contributed by atoms with van der Waals surface area (Å²) >= 11 is 5.93. The Morgan fingerprint density at radius 2 is 1.90 bits per heavy atom. The Hall–Kier alpha value is -1.46. The maximum absolute atomic E-state index is 11.9. The molecule has 7 heteroatoms. The molecule has 0 aliphatic heterocycles. The Labute approximate surface area is 136 Å². The van der Waals surface area contributed by atoms with Crippen molar-refractivity contribution in [1.82, 2.24) is 10.6 Å². The zero-order chi connectivity index (χ0) is 15.3. The molecule has 0 spiro atoms. The molecular formula is C14H21Cl2N3O2. The van der Waals surface area contributed by atoms with Crippen LogP contribution in [0.15, 0.2) is 18.2 Å². The third-order valence-electron chi connectivity index (χ3n) is 2.39. The highest BCUT2D eigenvalue weighted by Crippen LogP contribution is 2.18. The van der Waals surface area contributed by atoms with Crippen LogP contribution < -0.4 is 16.4 Å². The van der Waals surface area contributed by atoms with Crippen LogP contribution in [-0.2, 0) is 4.79 Å². The lowest BCUT2D eigenvalue weighted by Crippen LogP contribution is -2.42. The molecule has 21 heavy (non-hydrogen) atoms. The summed E-state index contributed by atoms with van der Waals surface area (Å²) in [7, 11) is 0. The third kappa shape index (κ3) is 7.20. The van der Waals surface area contributed by atoms with Crippen molar-refractivity contribution < 1.29 is 9.59 Å². The molecule has 0 aromatic heterocycles. The maximum Gasteiger partial charge on any atom is 0.252 e. The van der Waals surface area contributed by atoms with Crippen molar-refractivity contribution in [3.8, 4) is 0 Å². The second-order valence-corrected chi connectivity index (χ2v) is 5.95. The Morgan fingerprint density at radius 3 is 2.43 bits per heavy atom. The van der Waals surface area contributed by atoms with Crippen molar-refractivity contribution in [2.24, 2.45) is 0 Å². The van der Waals surface area contributed by atoms with E-state index in [0.29, 0.717) is 16.3 Å². The number of nitrogen functional groups attached to an aromatic ring is 1. The average molecular weight is 334 g/mol. The summed E-state index contributed by atoms with van der Waals surface area (Å²) < 4.78 is 0. The normalized spacial score (nSPS) is 10.5. The molecule has 0 unspecified atom stereocenters. The van der Waals surface area contributed by atoms with Gasteiger partial charge < -0.3 is 16.4 Å². The van der Waals surface area contributed by atoms with Gasteiger partial charge in [0.25, 0.3) is 5.91 Å². The number of rotatable bonds is 4. The number of carbonyl (C=O) groups is 2. The summed E-state index contributed by atoms with van der Waals surface area (Å²) in [6.45, 7) is 5.95. The zero-order valence-corrected chi connectivity index (χ0v) is 13.9. The molecule has 0 bridgehead atoms.